The smallest absolute Gasteiger partial charge is 0.317 e. The summed E-state index contributed by atoms with van der Waals surface area (Å²) in [5.74, 6) is 0.222. The van der Waals surface area contributed by atoms with Crippen LogP contribution >= 0.6 is 0 Å². The van der Waals surface area contributed by atoms with E-state index >= 15 is 0 Å². The fourth-order valence-corrected chi connectivity index (χ4v) is 1.91. The van der Waals surface area contributed by atoms with Crippen LogP contribution in [0.1, 0.15) is 31.9 Å². The second-order valence-corrected chi connectivity index (χ2v) is 4.74. The van der Waals surface area contributed by atoms with Crippen molar-refractivity contribution in [3.8, 4) is 5.75 Å². The van der Waals surface area contributed by atoms with E-state index in [-0.39, 0.29) is 17.8 Å². The maximum Gasteiger partial charge on any atom is 0.317 e. The van der Waals surface area contributed by atoms with Crippen molar-refractivity contribution in [3.63, 3.8) is 0 Å². The number of rotatable bonds is 7. The minimum Gasteiger partial charge on any atom is -0.508 e. The topological polar surface area (TPSA) is 61.8 Å². The van der Waals surface area contributed by atoms with Gasteiger partial charge in [0, 0.05) is 20.2 Å². The zero-order valence-corrected chi connectivity index (χ0v) is 12.4. The van der Waals surface area contributed by atoms with Gasteiger partial charge >= 0.3 is 6.03 Å². The highest BCUT2D eigenvalue weighted by molar-refractivity contribution is 5.74. The monoisotopic (exact) mass is 280 g/mol. The van der Waals surface area contributed by atoms with Gasteiger partial charge in [0.2, 0.25) is 0 Å². The molecule has 0 aliphatic heterocycles. The van der Waals surface area contributed by atoms with Gasteiger partial charge < -0.3 is 20.1 Å². The fourth-order valence-electron chi connectivity index (χ4n) is 1.91. The van der Waals surface area contributed by atoms with E-state index in [4.69, 9.17) is 4.74 Å². The van der Waals surface area contributed by atoms with Crippen molar-refractivity contribution >= 4 is 6.03 Å². The molecule has 0 unspecified atom stereocenters. The largest absolute Gasteiger partial charge is 0.508 e. The van der Waals surface area contributed by atoms with E-state index in [1.54, 1.807) is 36.3 Å². The van der Waals surface area contributed by atoms with Crippen molar-refractivity contribution in [1.82, 2.24) is 10.2 Å². The highest BCUT2D eigenvalue weighted by Gasteiger charge is 2.15. The summed E-state index contributed by atoms with van der Waals surface area (Å²) in [6.07, 6.45) is 0.907. The summed E-state index contributed by atoms with van der Waals surface area (Å²) in [7, 11) is 1.63. The Morgan fingerprint density at radius 1 is 1.35 bits per heavy atom. The lowest BCUT2D eigenvalue weighted by atomic mass is 10.1. The molecule has 5 nitrogen and oxygen atoms in total. The maximum absolute atomic E-state index is 12.2. The summed E-state index contributed by atoms with van der Waals surface area (Å²) in [6.45, 7) is 5.78. The Morgan fingerprint density at radius 3 is 2.55 bits per heavy atom. The van der Waals surface area contributed by atoms with Crippen LogP contribution in [0.5, 0.6) is 5.75 Å². The first-order valence-corrected chi connectivity index (χ1v) is 6.91. The summed E-state index contributed by atoms with van der Waals surface area (Å²) in [6, 6.07) is 6.65. The number of benzene rings is 1. The molecule has 0 heterocycles. The fraction of sp³-hybridized carbons (Fsp3) is 0.533. The van der Waals surface area contributed by atoms with E-state index in [0.29, 0.717) is 19.7 Å². The first-order valence-electron chi connectivity index (χ1n) is 6.91. The molecule has 1 aromatic rings. The molecule has 0 bridgehead atoms. The van der Waals surface area contributed by atoms with Gasteiger partial charge in [-0.2, -0.15) is 0 Å². The molecule has 1 atom stereocenters. The number of ether oxygens (including phenoxy) is 1. The van der Waals surface area contributed by atoms with Crippen LogP contribution in [-0.4, -0.2) is 42.8 Å². The van der Waals surface area contributed by atoms with Gasteiger partial charge in [-0.1, -0.05) is 19.1 Å². The SMILES string of the molecule is CCCN(CCOC)C(=O)N[C@H](C)c1ccc(O)cc1. The number of amides is 2. The quantitative estimate of drug-likeness (QED) is 0.806. The number of nitrogens with one attached hydrogen (secondary N) is 1. The molecule has 2 amide bonds. The summed E-state index contributed by atoms with van der Waals surface area (Å²) < 4.78 is 5.02. The Balaban J connectivity index is 2.59. The Labute approximate surface area is 120 Å². The summed E-state index contributed by atoms with van der Waals surface area (Å²) in [5.41, 5.74) is 0.958. The third-order valence-electron chi connectivity index (χ3n) is 3.08. The summed E-state index contributed by atoms with van der Waals surface area (Å²) >= 11 is 0. The molecule has 0 aliphatic rings. The van der Waals surface area contributed by atoms with E-state index < -0.39 is 0 Å². The van der Waals surface area contributed by atoms with Gasteiger partial charge in [0.1, 0.15) is 5.75 Å². The molecule has 2 N–H and O–H groups in total. The minimum atomic E-state index is -0.106. The molecule has 0 spiro atoms. The predicted molar refractivity (Wildman–Crippen MR) is 78.8 cm³/mol. The van der Waals surface area contributed by atoms with Crippen molar-refractivity contribution in [3.05, 3.63) is 29.8 Å². The first-order chi connectivity index (χ1) is 9.58. The van der Waals surface area contributed by atoms with Gasteiger partial charge in [-0.3, -0.25) is 0 Å². The molecule has 112 valence electrons. The molecule has 20 heavy (non-hydrogen) atoms. The average Bonchev–Trinajstić information content (AvgIpc) is 2.43. The number of carbonyl (C=O) groups is 1. The van der Waals surface area contributed by atoms with Gasteiger partial charge in [-0.05, 0) is 31.0 Å². The van der Waals surface area contributed by atoms with Crippen LogP contribution in [0.4, 0.5) is 4.79 Å². The van der Waals surface area contributed by atoms with Crippen LogP contribution in [0, 0.1) is 0 Å². The molecule has 0 saturated heterocycles. The van der Waals surface area contributed by atoms with Crippen molar-refractivity contribution in [2.24, 2.45) is 0 Å². The van der Waals surface area contributed by atoms with Crippen molar-refractivity contribution < 1.29 is 14.6 Å². The Morgan fingerprint density at radius 2 is 2.00 bits per heavy atom. The third-order valence-corrected chi connectivity index (χ3v) is 3.08. The Kier molecular flexibility index (Phi) is 6.87. The highest BCUT2D eigenvalue weighted by Crippen LogP contribution is 2.16. The number of phenolic OH excluding ortho intramolecular Hbond substituents is 1. The molecule has 0 saturated carbocycles. The molecule has 0 aliphatic carbocycles. The summed E-state index contributed by atoms with van der Waals surface area (Å²) in [4.78, 5) is 13.9. The number of aromatic hydroxyl groups is 1. The molecule has 1 rings (SSSR count). The standard InChI is InChI=1S/C15H24N2O3/c1-4-9-17(10-11-20-3)15(19)16-12(2)13-5-7-14(18)8-6-13/h5-8,12,18H,4,9-11H2,1-3H3,(H,16,19)/t12-/m1/s1. The molecule has 1 aromatic carbocycles. The number of nitrogens with zero attached hydrogens (tertiary/aromatic N) is 1. The zero-order chi connectivity index (χ0) is 15.0. The van der Waals surface area contributed by atoms with E-state index in [2.05, 4.69) is 5.32 Å². The third kappa shape index (κ3) is 5.09. The highest BCUT2D eigenvalue weighted by atomic mass is 16.5. The Hall–Kier alpha value is -1.75. The molecular weight excluding hydrogens is 256 g/mol. The predicted octanol–water partition coefficient (Wildman–Crippen LogP) is 2.52. The molecule has 0 radical (unpaired) electrons. The number of hydrogen-bond acceptors (Lipinski definition) is 3. The van der Waals surface area contributed by atoms with Crippen LogP contribution < -0.4 is 5.32 Å². The van der Waals surface area contributed by atoms with Crippen LogP contribution in [-0.2, 0) is 4.74 Å². The normalized spacial score (nSPS) is 11.9. The van der Waals surface area contributed by atoms with E-state index in [1.807, 2.05) is 13.8 Å². The van der Waals surface area contributed by atoms with Crippen LogP contribution in [0.3, 0.4) is 0 Å². The molecule has 0 fully saturated rings. The number of hydrogen-bond donors (Lipinski definition) is 2. The second-order valence-electron chi connectivity index (χ2n) is 4.74. The number of phenols is 1. The van der Waals surface area contributed by atoms with E-state index in [9.17, 15) is 9.90 Å². The molecule has 5 heteroatoms. The Bertz CT molecular complexity index is 406. The number of urea groups is 1. The van der Waals surface area contributed by atoms with Gasteiger partial charge in [-0.15, -0.1) is 0 Å². The van der Waals surface area contributed by atoms with Crippen LogP contribution in [0.2, 0.25) is 0 Å². The molecule has 0 aromatic heterocycles. The lowest BCUT2D eigenvalue weighted by Gasteiger charge is -2.24. The van der Waals surface area contributed by atoms with Gasteiger partial charge in [0.15, 0.2) is 0 Å². The summed E-state index contributed by atoms with van der Waals surface area (Å²) in [5, 5.41) is 12.2. The van der Waals surface area contributed by atoms with Gasteiger partial charge in [0.05, 0.1) is 12.6 Å². The zero-order valence-electron chi connectivity index (χ0n) is 12.4. The van der Waals surface area contributed by atoms with Crippen molar-refractivity contribution in [1.29, 1.82) is 0 Å². The maximum atomic E-state index is 12.2. The lowest BCUT2D eigenvalue weighted by Crippen LogP contribution is -2.43. The van der Waals surface area contributed by atoms with Crippen molar-refractivity contribution in [2.75, 3.05) is 26.8 Å². The average molecular weight is 280 g/mol. The molecular formula is C15H24N2O3. The van der Waals surface area contributed by atoms with Crippen LogP contribution in [0.25, 0.3) is 0 Å². The van der Waals surface area contributed by atoms with Gasteiger partial charge in [0.25, 0.3) is 0 Å². The second kappa shape index (κ2) is 8.43. The van der Waals surface area contributed by atoms with E-state index in [1.165, 1.54) is 0 Å². The minimum absolute atomic E-state index is 0.0931. The van der Waals surface area contributed by atoms with E-state index in [0.717, 1.165) is 12.0 Å². The number of carbonyl (C=O) groups excluding carboxylic acids is 1. The number of methoxy groups -OCH3 is 1. The van der Waals surface area contributed by atoms with Crippen molar-refractivity contribution in [2.45, 2.75) is 26.3 Å². The van der Waals surface area contributed by atoms with Gasteiger partial charge in [-0.25, -0.2) is 4.79 Å². The van der Waals surface area contributed by atoms with Crippen LogP contribution in [0.15, 0.2) is 24.3 Å². The lowest BCUT2D eigenvalue weighted by molar-refractivity contribution is 0.148. The first kappa shape index (κ1) is 16.3.